The fraction of sp³-hybridized carbons (Fsp3) is 0.300. The second-order valence-corrected chi connectivity index (χ2v) is 3.10. The Morgan fingerprint density at radius 2 is 1.73 bits per heavy atom. The summed E-state index contributed by atoms with van der Waals surface area (Å²) in [5, 5.41) is 8.80. The van der Waals surface area contributed by atoms with Gasteiger partial charge in [-0.15, -0.1) is 0 Å². The van der Waals surface area contributed by atoms with Crippen LogP contribution in [0.2, 0.25) is 0 Å². The molecule has 56 valence electrons. The molecule has 1 aromatic carbocycles. The standard InChI is InChI=1S/C10H11N/c1-10(2,8-11)9-6-4-3-5-7-9/h3-7H,1-2H3. The van der Waals surface area contributed by atoms with Crippen LogP contribution in [0.1, 0.15) is 19.4 Å². The van der Waals surface area contributed by atoms with Gasteiger partial charge in [-0.1, -0.05) is 30.3 Å². The van der Waals surface area contributed by atoms with Crippen molar-refractivity contribution in [1.82, 2.24) is 0 Å². The molecule has 1 rings (SSSR count). The van der Waals surface area contributed by atoms with Crippen molar-refractivity contribution >= 4 is 0 Å². The van der Waals surface area contributed by atoms with Crippen LogP contribution in [0.3, 0.4) is 0 Å². The van der Waals surface area contributed by atoms with Gasteiger partial charge in [-0.25, -0.2) is 0 Å². The lowest BCUT2D eigenvalue weighted by molar-refractivity contribution is 0.687. The van der Waals surface area contributed by atoms with Crippen molar-refractivity contribution in [3.63, 3.8) is 0 Å². The van der Waals surface area contributed by atoms with Gasteiger partial charge in [-0.3, -0.25) is 0 Å². The maximum absolute atomic E-state index is 8.80. The molecule has 1 heteroatoms. The number of rotatable bonds is 1. The largest absolute Gasteiger partial charge is 0.197 e. The molecule has 0 aliphatic rings. The van der Waals surface area contributed by atoms with Gasteiger partial charge < -0.3 is 0 Å². The predicted molar refractivity (Wildman–Crippen MR) is 45.1 cm³/mol. The molecule has 0 saturated carbocycles. The Kier molecular flexibility index (Phi) is 1.96. The SMILES string of the molecule is CC(C)(C#N)c1ccccc1. The summed E-state index contributed by atoms with van der Waals surface area (Å²) in [6.07, 6.45) is 0. The number of nitrogens with zero attached hydrogens (tertiary/aromatic N) is 1. The van der Waals surface area contributed by atoms with Crippen molar-refractivity contribution < 1.29 is 0 Å². The predicted octanol–water partition coefficient (Wildman–Crippen LogP) is 2.49. The van der Waals surface area contributed by atoms with Crippen LogP contribution < -0.4 is 0 Å². The lowest BCUT2D eigenvalue weighted by Gasteiger charge is -2.14. The maximum atomic E-state index is 8.80. The van der Waals surface area contributed by atoms with Gasteiger partial charge in [0.1, 0.15) is 0 Å². The highest BCUT2D eigenvalue weighted by atomic mass is 14.3. The Morgan fingerprint density at radius 1 is 1.18 bits per heavy atom. The van der Waals surface area contributed by atoms with E-state index in [1.54, 1.807) is 0 Å². The molecule has 1 aromatic rings. The summed E-state index contributed by atoms with van der Waals surface area (Å²) in [4.78, 5) is 0. The molecule has 0 N–H and O–H groups in total. The van der Waals surface area contributed by atoms with Gasteiger partial charge in [0, 0.05) is 0 Å². The number of hydrogen-bond donors (Lipinski definition) is 0. The number of hydrogen-bond acceptors (Lipinski definition) is 1. The van der Waals surface area contributed by atoms with Crippen molar-refractivity contribution in [3.05, 3.63) is 35.9 Å². The van der Waals surface area contributed by atoms with Gasteiger partial charge in [0.05, 0.1) is 11.5 Å². The second-order valence-electron chi connectivity index (χ2n) is 3.10. The van der Waals surface area contributed by atoms with Crippen molar-refractivity contribution in [3.8, 4) is 6.07 Å². The highest BCUT2D eigenvalue weighted by molar-refractivity contribution is 5.29. The van der Waals surface area contributed by atoms with E-state index in [2.05, 4.69) is 6.07 Å². The molecule has 0 atom stereocenters. The van der Waals surface area contributed by atoms with E-state index in [-0.39, 0.29) is 5.41 Å². The minimum Gasteiger partial charge on any atom is -0.197 e. The van der Waals surface area contributed by atoms with Crippen LogP contribution in [0.4, 0.5) is 0 Å². The maximum Gasteiger partial charge on any atom is 0.0766 e. The number of nitriles is 1. The lowest BCUT2D eigenvalue weighted by atomic mass is 9.87. The molecule has 0 aliphatic heterocycles. The highest BCUT2D eigenvalue weighted by Gasteiger charge is 2.18. The zero-order valence-corrected chi connectivity index (χ0v) is 6.83. The average molecular weight is 145 g/mol. The lowest BCUT2D eigenvalue weighted by Crippen LogP contribution is -2.13. The minimum atomic E-state index is -0.360. The Balaban J connectivity index is 3.05. The first-order chi connectivity index (χ1) is 5.17. The van der Waals surface area contributed by atoms with Gasteiger partial charge in [-0.2, -0.15) is 5.26 Å². The summed E-state index contributed by atoms with van der Waals surface area (Å²) in [6.45, 7) is 3.84. The van der Waals surface area contributed by atoms with Gasteiger partial charge in [0.2, 0.25) is 0 Å². The van der Waals surface area contributed by atoms with Crippen LogP contribution in [0.25, 0.3) is 0 Å². The average Bonchev–Trinajstić information content (AvgIpc) is 2.06. The van der Waals surface area contributed by atoms with Crippen LogP contribution in [0, 0.1) is 11.3 Å². The summed E-state index contributed by atoms with van der Waals surface area (Å²) in [6, 6.07) is 12.1. The van der Waals surface area contributed by atoms with E-state index in [9.17, 15) is 0 Å². The van der Waals surface area contributed by atoms with Crippen molar-refractivity contribution in [1.29, 1.82) is 5.26 Å². The van der Waals surface area contributed by atoms with Gasteiger partial charge in [0.15, 0.2) is 0 Å². The zero-order chi connectivity index (χ0) is 8.32. The van der Waals surface area contributed by atoms with Gasteiger partial charge in [0.25, 0.3) is 0 Å². The van der Waals surface area contributed by atoms with Crippen LogP contribution in [-0.4, -0.2) is 0 Å². The third-order valence-electron chi connectivity index (χ3n) is 1.77. The van der Waals surface area contributed by atoms with Crippen LogP contribution in [-0.2, 0) is 5.41 Å². The third-order valence-corrected chi connectivity index (χ3v) is 1.77. The molecular formula is C10H11N. The zero-order valence-electron chi connectivity index (χ0n) is 6.83. The summed E-state index contributed by atoms with van der Waals surface area (Å²) in [5.74, 6) is 0. The topological polar surface area (TPSA) is 23.8 Å². The molecule has 11 heavy (non-hydrogen) atoms. The quantitative estimate of drug-likeness (QED) is 0.595. The van der Waals surface area contributed by atoms with E-state index in [1.807, 2.05) is 44.2 Å². The van der Waals surface area contributed by atoms with Crippen molar-refractivity contribution in [2.75, 3.05) is 0 Å². The molecule has 0 spiro atoms. The molecule has 0 radical (unpaired) electrons. The summed E-state index contributed by atoms with van der Waals surface area (Å²) >= 11 is 0. The normalized spacial score (nSPS) is 10.6. The van der Waals surface area contributed by atoms with E-state index in [0.717, 1.165) is 5.56 Å². The Labute approximate surface area is 67.3 Å². The third kappa shape index (κ3) is 1.59. The first-order valence-electron chi connectivity index (χ1n) is 3.63. The van der Waals surface area contributed by atoms with Gasteiger partial charge >= 0.3 is 0 Å². The van der Waals surface area contributed by atoms with E-state index < -0.39 is 0 Å². The Morgan fingerprint density at radius 3 is 2.18 bits per heavy atom. The van der Waals surface area contributed by atoms with E-state index in [0.29, 0.717) is 0 Å². The summed E-state index contributed by atoms with van der Waals surface area (Å²) in [7, 11) is 0. The first kappa shape index (κ1) is 7.81. The van der Waals surface area contributed by atoms with Crippen molar-refractivity contribution in [2.24, 2.45) is 0 Å². The number of benzene rings is 1. The Bertz CT molecular complexity index is 267. The van der Waals surface area contributed by atoms with E-state index >= 15 is 0 Å². The van der Waals surface area contributed by atoms with E-state index in [4.69, 9.17) is 5.26 Å². The molecule has 0 fully saturated rings. The van der Waals surface area contributed by atoms with Crippen LogP contribution in [0.5, 0.6) is 0 Å². The summed E-state index contributed by atoms with van der Waals surface area (Å²) < 4.78 is 0. The summed E-state index contributed by atoms with van der Waals surface area (Å²) in [5.41, 5.74) is 0.712. The van der Waals surface area contributed by atoms with Gasteiger partial charge in [-0.05, 0) is 19.4 Å². The fourth-order valence-corrected chi connectivity index (χ4v) is 0.919. The molecular weight excluding hydrogens is 134 g/mol. The smallest absolute Gasteiger partial charge is 0.0766 e. The molecule has 0 heterocycles. The molecule has 0 saturated heterocycles. The molecule has 0 bridgehead atoms. The molecule has 0 unspecified atom stereocenters. The molecule has 1 nitrogen and oxygen atoms in total. The first-order valence-corrected chi connectivity index (χ1v) is 3.63. The fourth-order valence-electron chi connectivity index (χ4n) is 0.919. The monoisotopic (exact) mass is 145 g/mol. The molecule has 0 aromatic heterocycles. The van der Waals surface area contributed by atoms with Crippen molar-refractivity contribution in [2.45, 2.75) is 19.3 Å². The van der Waals surface area contributed by atoms with Crippen LogP contribution in [0.15, 0.2) is 30.3 Å². The Hall–Kier alpha value is -1.29. The minimum absolute atomic E-state index is 0.360. The second kappa shape index (κ2) is 2.75. The van der Waals surface area contributed by atoms with Crippen LogP contribution >= 0.6 is 0 Å². The van der Waals surface area contributed by atoms with E-state index in [1.165, 1.54) is 0 Å². The molecule has 0 amide bonds. The molecule has 0 aliphatic carbocycles. The highest BCUT2D eigenvalue weighted by Crippen LogP contribution is 2.20.